The van der Waals surface area contributed by atoms with Crippen molar-refractivity contribution >= 4 is 16.9 Å². The van der Waals surface area contributed by atoms with E-state index in [0.29, 0.717) is 24.5 Å². The molecule has 9 heteroatoms. The van der Waals surface area contributed by atoms with E-state index in [9.17, 15) is 9.18 Å². The maximum atomic E-state index is 14.8. The number of imidazole rings is 1. The Kier molecular flexibility index (Phi) is 4.50. The molecule has 31 heavy (non-hydrogen) atoms. The number of carbonyl (C=O) groups is 1. The Labute approximate surface area is 177 Å². The van der Waals surface area contributed by atoms with E-state index in [2.05, 4.69) is 26.7 Å². The predicted octanol–water partition coefficient (Wildman–Crippen LogP) is 3.43. The quantitative estimate of drug-likeness (QED) is 0.513. The Morgan fingerprint density at radius 3 is 2.84 bits per heavy atom. The van der Waals surface area contributed by atoms with Gasteiger partial charge in [0.05, 0.1) is 36.6 Å². The van der Waals surface area contributed by atoms with Crippen molar-refractivity contribution in [3.05, 3.63) is 78.1 Å². The number of rotatable bonds is 4. The summed E-state index contributed by atoms with van der Waals surface area (Å²) < 4.78 is 20.1. The Morgan fingerprint density at radius 1 is 1.26 bits per heavy atom. The maximum absolute atomic E-state index is 14.8. The molecule has 0 spiro atoms. The Hall–Kier alpha value is -4.01. The van der Waals surface area contributed by atoms with E-state index in [1.165, 1.54) is 29.3 Å². The minimum absolute atomic E-state index is 0.0869. The molecule has 1 aliphatic heterocycles. The summed E-state index contributed by atoms with van der Waals surface area (Å²) in [4.78, 5) is 24.3. The van der Waals surface area contributed by atoms with Gasteiger partial charge in [-0.25, -0.2) is 9.37 Å². The van der Waals surface area contributed by atoms with Crippen LogP contribution in [0.25, 0.3) is 16.7 Å². The molecule has 2 aromatic heterocycles. The number of fused-ring (bicyclic) bond motifs is 1. The van der Waals surface area contributed by atoms with Crippen LogP contribution in [0.5, 0.6) is 5.75 Å². The SMILES string of the molecule is C=C1C[C@@H](c2nc3ccc(OC)cc3[nH]2)N(C(=O)c2c(F)cccc2-n2nccn2)C1. The Morgan fingerprint density at radius 2 is 2.06 bits per heavy atom. The van der Waals surface area contributed by atoms with Crippen molar-refractivity contribution in [3.63, 3.8) is 0 Å². The van der Waals surface area contributed by atoms with Gasteiger partial charge in [-0.2, -0.15) is 15.0 Å². The van der Waals surface area contributed by atoms with Crippen molar-refractivity contribution in [3.8, 4) is 11.4 Å². The molecule has 0 aliphatic carbocycles. The Bertz CT molecular complexity index is 1300. The molecule has 4 aromatic rings. The molecule has 2 aromatic carbocycles. The van der Waals surface area contributed by atoms with Crippen LogP contribution in [-0.4, -0.2) is 49.4 Å². The first-order chi connectivity index (χ1) is 15.0. The van der Waals surface area contributed by atoms with Gasteiger partial charge in [0.2, 0.25) is 0 Å². The average Bonchev–Trinajstić information content (AvgIpc) is 3.51. The summed E-state index contributed by atoms with van der Waals surface area (Å²) in [7, 11) is 1.60. The van der Waals surface area contributed by atoms with Gasteiger partial charge in [-0.1, -0.05) is 18.2 Å². The fourth-order valence-electron chi connectivity index (χ4n) is 3.93. The monoisotopic (exact) mass is 418 g/mol. The van der Waals surface area contributed by atoms with E-state index < -0.39 is 17.8 Å². The highest BCUT2D eigenvalue weighted by molar-refractivity contribution is 5.98. The highest BCUT2D eigenvalue weighted by Crippen LogP contribution is 2.36. The van der Waals surface area contributed by atoms with Crippen molar-refractivity contribution in [1.82, 2.24) is 29.9 Å². The van der Waals surface area contributed by atoms with Crippen LogP contribution in [-0.2, 0) is 0 Å². The number of amides is 1. The van der Waals surface area contributed by atoms with E-state index in [0.717, 1.165) is 16.6 Å². The van der Waals surface area contributed by atoms with Crippen LogP contribution in [0.3, 0.4) is 0 Å². The second-order valence-corrected chi connectivity index (χ2v) is 7.36. The molecule has 1 saturated heterocycles. The van der Waals surface area contributed by atoms with Gasteiger partial charge in [0.1, 0.15) is 28.6 Å². The van der Waals surface area contributed by atoms with Gasteiger partial charge >= 0.3 is 0 Å². The highest BCUT2D eigenvalue weighted by atomic mass is 19.1. The van der Waals surface area contributed by atoms with Crippen LogP contribution < -0.4 is 4.74 Å². The molecule has 3 heterocycles. The first kappa shape index (κ1) is 19.0. The van der Waals surface area contributed by atoms with Crippen molar-refractivity contribution in [2.75, 3.05) is 13.7 Å². The molecule has 1 amide bonds. The van der Waals surface area contributed by atoms with Crippen LogP contribution >= 0.6 is 0 Å². The molecule has 1 atom stereocenters. The summed E-state index contributed by atoms with van der Waals surface area (Å²) in [6.07, 6.45) is 3.48. The van der Waals surface area contributed by atoms with Gasteiger partial charge in [0.15, 0.2) is 0 Å². The Balaban J connectivity index is 1.56. The van der Waals surface area contributed by atoms with E-state index >= 15 is 0 Å². The van der Waals surface area contributed by atoms with Crippen molar-refractivity contribution in [2.24, 2.45) is 0 Å². The fourth-order valence-corrected chi connectivity index (χ4v) is 3.93. The number of aromatic amines is 1. The zero-order valence-electron chi connectivity index (χ0n) is 16.7. The lowest BCUT2D eigenvalue weighted by molar-refractivity contribution is 0.0728. The third-order valence-corrected chi connectivity index (χ3v) is 5.38. The van der Waals surface area contributed by atoms with Gasteiger partial charge in [0.25, 0.3) is 5.91 Å². The number of methoxy groups -OCH3 is 1. The minimum atomic E-state index is -0.634. The van der Waals surface area contributed by atoms with E-state index in [1.807, 2.05) is 18.2 Å². The summed E-state index contributed by atoms with van der Waals surface area (Å²) in [5.41, 5.74) is 2.61. The van der Waals surface area contributed by atoms with Crippen LogP contribution in [0.1, 0.15) is 28.6 Å². The number of benzene rings is 2. The van der Waals surface area contributed by atoms with Gasteiger partial charge in [-0.05, 0) is 30.7 Å². The average molecular weight is 418 g/mol. The number of aromatic nitrogens is 5. The number of nitrogens with one attached hydrogen (secondary N) is 1. The summed E-state index contributed by atoms with van der Waals surface area (Å²) in [6.45, 7) is 4.36. The standard InChI is InChI=1S/C22H19FN6O2/c1-13-10-19(21-26-16-7-6-14(31-2)11-17(16)27-21)28(12-13)22(30)20-15(23)4-3-5-18(20)29-24-8-9-25-29/h3-9,11,19H,1,10,12H2,2H3,(H,26,27)/t19-/m0/s1. The zero-order chi connectivity index (χ0) is 21.5. The zero-order valence-corrected chi connectivity index (χ0v) is 16.7. The summed E-state index contributed by atoms with van der Waals surface area (Å²) >= 11 is 0. The van der Waals surface area contributed by atoms with E-state index in [4.69, 9.17) is 4.74 Å². The van der Waals surface area contributed by atoms with Crippen molar-refractivity contribution in [1.29, 1.82) is 0 Å². The first-order valence-electron chi connectivity index (χ1n) is 9.71. The van der Waals surface area contributed by atoms with Crippen LogP contribution in [0.2, 0.25) is 0 Å². The topological polar surface area (TPSA) is 88.9 Å². The van der Waals surface area contributed by atoms with E-state index in [-0.39, 0.29) is 11.3 Å². The fraction of sp³-hybridized carbons (Fsp3) is 0.182. The summed E-state index contributed by atoms with van der Waals surface area (Å²) in [6, 6.07) is 9.53. The molecule has 1 fully saturated rings. The number of H-pyrrole nitrogens is 1. The second-order valence-electron chi connectivity index (χ2n) is 7.36. The molecule has 0 bridgehead atoms. The number of hydrogen-bond donors (Lipinski definition) is 1. The van der Waals surface area contributed by atoms with Crippen molar-refractivity contribution in [2.45, 2.75) is 12.5 Å². The smallest absolute Gasteiger partial charge is 0.260 e. The molecular weight excluding hydrogens is 399 g/mol. The van der Waals surface area contributed by atoms with Gasteiger partial charge < -0.3 is 14.6 Å². The lowest BCUT2D eigenvalue weighted by Crippen LogP contribution is -2.33. The van der Waals surface area contributed by atoms with Gasteiger partial charge in [-0.3, -0.25) is 4.79 Å². The molecule has 0 saturated carbocycles. The molecule has 8 nitrogen and oxygen atoms in total. The summed E-state index contributed by atoms with van der Waals surface area (Å²) in [5.74, 6) is 0.219. The first-order valence-corrected chi connectivity index (χ1v) is 9.71. The third-order valence-electron chi connectivity index (χ3n) is 5.38. The van der Waals surface area contributed by atoms with Gasteiger partial charge in [-0.15, -0.1) is 0 Å². The summed E-state index contributed by atoms with van der Waals surface area (Å²) in [5, 5.41) is 8.11. The normalized spacial score (nSPS) is 16.3. The number of ether oxygens (including phenoxy) is 1. The highest BCUT2D eigenvalue weighted by Gasteiger charge is 2.37. The number of hydrogen-bond acceptors (Lipinski definition) is 5. The van der Waals surface area contributed by atoms with Crippen molar-refractivity contribution < 1.29 is 13.9 Å². The molecule has 0 unspecified atom stereocenters. The third kappa shape index (κ3) is 3.24. The number of nitrogens with zero attached hydrogens (tertiary/aromatic N) is 5. The lowest BCUT2D eigenvalue weighted by Gasteiger charge is -2.24. The second kappa shape index (κ2) is 7.35. The van der Waals surface area contributed by atoms with E-state index in [1.54, 1.807) is 18.1 Å². The van der Waals surface area contributed by atoms with Gasteiger partial charge in [0, 0.05) is 12.6 Å². The number of halogens is 1. The largest absolute Gasteiger partial charge is 0.497 e. The van der Waals surface area contributed by atoms with Crippen LogP contribution in [0, 0.1) is 5.82 Å². The molecule has 156 valence electrons. The predicted molar refractivity (Wildman–Crippen MR) is 111 cm³/mol. The molecule has 1 aliphatic rings. The van der Waals surface area contributed by atoms with Crippen LogP contribution in [0.4, 0.5) is 4.39 Å². The number of likely N-dealkylation sites (tertiary alicyclic amines) is 1. The molecular formula is C22H19FN6O2. The molecule has 5 rings (SSSR count). The van der Waals surface area contributed by atoms with Crippen LogP contribution in [0.15, 0.2) is 60.9 Å². The minimum Gasteiger partial charge on any atom is -0.497 e. The molecule has 1 N–H and O–H groups in total. The number of carbonyl (C=O) groups excluding carboxylic acids is 1. The molecule has 0 radical (unpaired) electrons. The lowest BCUT2D eigenvalue weighted by atomic mass is 10.1. The maximum Gasteiger partial charge on any atom is 0.260 e.